The van der Waals surface area contributed by atoms with Crippen molar-refractivity contribution >= 4 is 18.1 Å². The van der Waals surface area contributed by atoms with Crippen LogP contribution in [0.2, 0.25) is 0 Å². The van der Waals surface area contributed by atoms with Gasteiger partial charge in [0.15, 0.2) is 10.6 Å². The van der Waals surface area contributed by atoms with Crippen molar-refractivity contribution in [2.24, 2.45) is 23.2 Å². The molecule has 1 N–H and O–H groups in total. The van der Waals surface area contributed by atoms with Crippen LogP contribution in [0.3, 0.4) is 0 Å². The number of nitrogens with one attached hydrogen (secondary N) is 1. The Morgan fingerprint density at radius 3 is 2.53 bits per heavy atom. The lowest BCUT2D eigenvalue weighted by molar-refractivity contribution is -0.135. The number of aromatic amines is 1. The summed E-state index contributed by atoms with van der Waals surface area (Å²) in [6.07, 6.45) is 8.78. The number of amides is 1. The van der Waals surface area contributed by atoms with Gasteiger partial charge in [0.2, 0.25) is 5.91 Å². The lowest BCUT2D eigenvalue weighted by Crippen LogP contribution is -2.51. The van der Waals surface area contributed by atoms with Gasteiger partial charge in [0.05, 0.1) is 0 Å². The smallest absolute Gasteiger partial charge is 0.224 e. The Hall–Kier alpha value is -1.95. The van der Waals surface area contributed by atoms with Crippen LogP contribution in [0.4, 0.5) is 0 Å². The van der Waals surface area contributed by atoms with Crippen molar-refractivity contribution in [1.82, 2.24) is 19.7 Å². The first-order valence-electron chi connectivity index (χ1n) is 11.4. The summed E-state index contributed by atoms with van der Waals surface area (Å²) in [5.74, 6) is 3.77. The van der Waals surface area contributed by atoms with Crippen molar-refractivity contribution < 1.29 is 4.79 Å². The average molecular weight is 425 g/mol. The van der Waals surface area contributed by atoms with Crippen LogP contribution in [0, 0.1) is 34.9 Å². The van der Waals surface area contributed by atoms with Crippen LogP contribution in [-0.2, 0) is 11.3 Å². The molecule has 1 aromatic carbocycles. The lowest BCUT2D eigenvalue weighted by Gasteiger charge is -2.57. The second-order valence-corrected chi connectivity index (χ2v) is 10.7. The molecule has 0 aliphatic heterocycles. The Morgan fingerprint density at radius 1 is 1.23 bits per heavy atom. The molecule has 0 spiro atoms. The van der Waals surface area contributed by atoms with Crippen molar-refractivity contribution in [2.75, 3.05) is 13.6 Å². The molecule has 2 aromatic rings. The zero-order valence-corrected chi connectivity index (χ0v) is 18.9. The molecule has 160 valence electrons. The maximum Gasteiger partial charge on any atom is 0.224 e. The fourth-order valence-electron chi connectivity index (χ4n) is 7.00. The molecule has 6 heteroatoms. The quantitative estimate of drug-likeness (QED) is 0.665. The van der Waals surface area contributed by atoms with Gasteiger partial charge in [-0.3, -0.25) is 14.5 Å². The predicted molar refractivity (Wildman–Crippen MR) is 120 cm³/mol. The molecule has 30 heavy (non-hydrogen) atoms. The van der Waals surface area contributed by atoms with Gasteiger partial charge < -0.3 is 4.90 Å². The highest BCUT2D eigenvalue weighted by Gasteiger charge is 2.51. The summed E-state index contributed by atoms with van der Waals surface area (Å²) >= 11 is 5.45. The molecule has 5 nitrogen and oxygen atoms in total. The number of aromatic nitrogens is 3. The molecular formula is C24H32N4OS. The fraction of sp³-hybridized carbons (Fsp3) is 0.625. The third-order valence-corrected chi connectivity index (χ3v) is 8.06. The van der Waals surface area contributed by atoms with Gasteiger partial charge >= 0.3 is 0 Å². The normalized spacial score (nSPS) is 29.3. The number of carbonyl (C=O) groups excluding carboxylic acids is 1. The molecule has 0 atom stereocenters. The highest BCUT2D eigenvalue weighted by atomic mass is 32.1. The van der Waals surface area contributed by atoms with Crippen LogP contribution in [0.5, 0.6) is 0 Å². The predicted octanol–water partition coefficient (Wildman–Crippen LogP) is 4.98. The first-order chi connectivity index (χ1) is 14.4. The number of aryl methyl sites for hydroxylation is 1. The van der Waals surface area contributed by atoms with Crippen LogP contribution < -0.4 is 0 Å². The SMILES string of the molecule is Cc1cccc(-c2n[nH]c(=S)n2CCC(=O)N(C)CC23CC4CC(CC(C4)C2)C3)c1. The molecule has 4 fully saturated rings. The Bertz CT molecular complexity index is 971. The fourth-order valence-corrected chi connectivity index (χ4v) is 7.23. The second-order valence-electron chi connectivity index (χ2n) is 10.3. The zero-order chi connectivity index (χ0) is 20.9. The third-order valence-electron chi connectivity index (χ3n) is 7.75. The van der Waals surface area contributed by atoms with Gasteiger partial charge in [0.25, 0.3) is 0 Å². The summed E-state index contributed by atoms with van der Waals surface area (Å²) in [4.78, 5) is 15.0. The molecule has 0 radical (unpaired) electrons. The first-order valence-corrected chi connectivity index (χ1v) is 11.8. The van der Waals surface area contributed by atoms with E-state index < -0.39 is 0 Å². The van der Waals surface area contributed by atoms with Crippen LogP contribution in [0.25, 0.3) is 11.4 Å². The van der Waals surface area contributed by atoms with Gasteiger partial charge in [-0.05, 0) is 86.9 Å². The standard InChI is InChI=1S/C24H32N4OS/c1-16-4-3-5-20(8-16)22-25-26-23(30)28(22)7-6-21(29)27(2)15-24-12-17-9-18(13-24)11-19(10-17)14-24/h3-5,8,17-19H,6-7,9-15H2,1-2H3,(H,26,30). The van der Waals surface area contributed by atoms with Gasteiger partial charge in [0.1, 0.15) is 0 Å². The minimum Gasteiger partial charge on any atom is -0.345 e. The van der Waals surface area contributed by atoms with E-state index in [9.17, 15) is 4.79 Å². The number of carbonyl (C=O) groups is 1. The van der Waals surface area contributed by atoms with E-state index in [1.54, 1.807) is 0 Å². The molecule has 4 aliphatic rings. The minimum atomic E-state index is 0.212. The van der Waals surface area contributed by atoms with E-state index >= 15 is 0 Å². The summed E-state index contributed by atoms with van der Waals surface area (Å²) < 4.78 is 2.53. The molecule has 6 rings (SSSR count). The van der Waals surface area contributed by atoms with E-state index in [2.05, 4.69) is 29.3 Å². The Morgan fingerprint density at radius 2 is 1.90 bits per heavy atom. The third kappa shape index (κ3) is 3.75. The van der Waals surface area contributed by atoms with Crippen LogP contribution >= 0.6 is 12.2 Å². The van der Waals surface area contributed by atoms with Gasteiger partial charge in [0, 0.05) is 32.1 Å². The summed E-state index contributed by atoms with van der Waals surface area (Å²) in [7, 11) is 2.00. The Balaban J connectivity index is 1.25. The number of hydrogen-bond donors (Lipinski definition) is 1. The molecule has 0 unspecified atom stereocenters. The van der Waals surface area contributed by atoms with E-state index in [0.717, 1.165) is 35.7 Å². The van der Waals surface area contributed by atoms with E-state index in [0.29, 0.717) is 23.2 Å². The maximum absolute atomic E-state index is 13.0. The first kappa shape index (κ1) is 20.0. The summed E-state index contributed by atoms with van der Waals surface area (Å²) in [6.45, 7) is 3.55. The topological polar surface area (TPSA) is 53.9 Å². The highest BCUT2D eigenvalue weighted by molar-refractivity contribution is 7.71. The number of benzene rings is 1. The average Bonchev–Trinajstić information content (AvgIpc) is 3.05. The molecule has 4 aliphatic carbocycles. The van der Waals surface area contributed by atoms with Gasteiger partial charge in [-0.1, -0.05) is 23.8 Å². The van der Waals surface area contributed by atoms with Gasteiger partial charge in [-0.15, -0.1) is 0 Å². The molecule has 0 saturated heterocycles. The number of H-pyrrole nitrogens is 1. The number of nitrogens with zero attached hydrogens (tertiary/aromatic N) is 3. The molecule has 4 bridgehead atoms. The maximum atomic E-state index is 13.0. The van der Waals surface area contributed by atoms with Crippen molar-refractivity contribution in [2.45, 2.75) is 58.4 Å². The van der Waals surface area contributed by atoms with Crippen molar-refractivity contribution in [3.63, 3.8) is 0 Å². The second kappa shape index (κ2) is 7.63. The molecule has 1 heterocycles. The van der Waals surface area contributed by atoms with Gasteiger partial charge in [-0.25, -0.2) is 0 Å². The minimum absolute atomic E-state index is 0.212. The van der Waals surface area contributed by atoms with Gasteiger partial charge in [-0.2, -0.15) is 5.10 Å². The summed E-state index contributed by atoms with van der Waals surface area (Å²) in [6, 6.07) is 8.23. The van der Waals surface area contributed by atoms with Crippen molar-refractivity contribution in [1.29, 1.82) is 0 Å². The summed E-state index contributed by atoms with van der Waals surface area (Å²) in [5.41, 5.74) is 2.59. The van der Waals surface area contributed by atoms with E-state index in [1.807, 2.05) is 28.6 Å². The zero-order valence-electron chi connectivity index (χ0n) is 18.1. The van der Waals surface area contributed by atoms with Crippen LogP contribution in [-0.4, -0.2) is 39.2 Å². The Labute approximate surface area is 183 Å². The highest BCUT2D eigenvalue weighted by Crippen LogP contribution is 2.60. The van der Waals surface area contributed by atoms with E-state index in [-0.39, 0.29) is 5.91 Å². The van der Waals surface area contributed by atoms with Crippen molar-refractivity contribution in [3.05, 3.63) is 34.6 Å². The molecular weight excluding hydrogens is 392 g/mol. The van der Waals surface area contributed by atoms with Crippen LogP contribution in [0.1, 0.15) is 50.5 Å². The largest absolute Gasteiger partial charge is 0.345 e. The van der Waals surface area contributed by atoms with Crippen molar-refractivity contribution in [3.8, 4) is 11.4 Å². The van der Waals surface area contributed by atoms with E-state index in [1.165, 1.54) is 44.1 Å². The number of hydrogen-bond acceptors (Lipinski definition) is 3. The Kier molecular flexibility index (Phi) is 5.08. The lowest BCUT2D eigenvalue weighted by atomic mass is 9.49. The van der Waals surface area contributed by atoms with E-state index in [4.69, 9.17) is 12.2 Å². The summed E-state index contributed by atoms with van der Waals surface area (Å²) in [5, 5.41) is 7.32. The molecule has 4 saturated carbocycles. The van der Waals surface area contributed by atoms with Crippen LogP contribution in [0.15, 0.2) is 24.3 Å². The number of rotatable bonds is 6. The molecule has 1 aromatic heterocycles. The molecule has 1 amide bonds. The monoisotopic (exact) mass is 424 g/mol.